The van der Waals surface area contributed by atoms with Gasteiger partial charge in [-0.3, -0.25) is 0 Å². The Balaban J connectivity index is 2.11. The van der Waals surface area contributed by atoms with Crippen molar-refractivity contribution in [2.24, 2.45) is 5.92 Å². The van der Waals surface area contributed by atoms with Gasteiger partial charge in [0.1, 0.15) is 0 Å². The van der Waals surface area contributed by atoms with Gasteiger partial charge >= 0.3 is 6.18 Å². The van der Waals surface area contributed by atoms with E-state index in [-0.39, 0.29) is 12.0 Å². The maximum absolute atomic E-state index is 12.4. The lowest BCUT2D eigenvalue weighted by Crippen LogP contribution is -2.41. The van der Waals surface area contributed by atoms with Crippen molar-refractivity contribution in [3.8, 4) is 0 Å². The lowest BCUT2D eigenvalue weighted by molar-refractivity contribution is -0.137. The zero-order valence-corrected chi connectivity index (χ0v) is 10.1. The Bertz CT molecular complexity index is 402. The first-order valence-electron chi connectivity index (χ1n) is 5.98. The number of hydrogen-bond donors (Lipinski definition) is 1. The molecule has 2 rings (SSSR count). The summed E-state index contributed by atoms with van der Waals surface area (Å²) in [5, 5.41) is 9.62. The van der Waals surface area contributed by atoms with Crippen molar-refractivity contribution in [3.05, 3.63) is 29.8 Å². The molecule has 1 aliphatic rings. The lowest BCUT2D eigenvalue weighted by Gasteiger charge is -2.36. The molecule has 0 amide bonds. The largest absolute Gasteiger partial charge is 0.416 e. The molecule has 5 heteroatoms. The summed E-state index contributed by atoms with van der Waals surface area (Å²) in [6.45, 7) is 3.30. The van der Waals surface area contributed by atoms with Crippen LogP contribution in [0.2, 0.25) is 0 Å². The number of aliphatic hydroxyl groups is 1. The molecule has 1 saturated heterocycles. The fourth-order valence-electron chi connectivity index (χ4n) is 2.23. The molecule has 2 unspecified atom stereocenters. The van der Waals surface area contributed by atoms with E-state index in [1.165, 1.54) is 12.1 Å². The van der Waals surface area contributed by atoms with Crippen molar-refractivity contribution >= 4 is 5.69 Å². The Labute approximate surface area is 104 Å². The highest BCUT2D eigenvalue weighted by atomic mass is 19.4. The summed E-state index contributed by atoms with van der Waals surface area (Å²) < 4.78 is 37.3. The topological polar surface area (TPSA) is 23.5 Å². The molecule has 2 atom stereocenters. The van der Waals surface area contributed by atoms with Crippen LogP contribution in [-0.4, -0.2) is 24.3 Å². The predicted molar refractivity (Wildman–Crippen MR) is 63.4 cm³/mol. The quantitative estimate of drug-likeness (QED) is 0.838. The van der Waals surface area contributed by atoms with Crippen molar-refractivity contribution in [1.82, 2.24) is 0 Å². The van der Waals surface area contributed by atoms with Gasteiger partial charge in [-0.2, -0.15) is 13.2 Å². The van der Waals surface area contributed by atoms with Crippen LogP contribution >= 0.6 is 0 Å². The molecule has 1 aliphatic heterocycles. The monoisotopic (exact) mass is 259 g/mol. The first kappa shape index (κ1) is 13.2. The highest BCUT2D eigenvalue weighted by Gasteiger charge is 2.30. The zero-order chi connectivity index (χ0) is 13.3. The molecule has 2 nitrogen and oxygen atoms in total. The minimum atomic E-state index is -4.29. The molecule has 1 heterocycles. The Morgan fingerprint density at radius 3 is 2.33 bits per heavy atom. The Kier molecular flexibility index (Phi) is 3.52. The standard InChI is InChI=1S/C13H16F3NO/c1-9-8-17(7-6-12(9)18)11-4-2-10(3-5-11)13(14,15)16/h2-5,9,12,18H,6-8H2,1H3. The van der Waals surface area contributed by atoms with Crippen LogP contribution in [0.4, 0.5) is 18.9 Å². The molecule has 1 aromatic carbocycles. The molecule has 18 heavy (non-hydrogen) atoms. The lowest BCUT2D eigenvalue weighted by atomic mass is 9.96. The van der Waals surface area contributed by atoms with Gasteiger partial charge in [0, 0.05) is 18.8 Å². The third kappa shape index (κ3) is 2.77. The van der Waals surface area contributed by atoms with Gasteiger partial charge in [-0.1, -0.05) is 6.92 Å². The number of nitrogens with zero attached hydrogens (tertiary/aromatic N) is 1. The molecule has 0 aliphatic carbocycles. The molecule has 0 spiro atoms. The number of halogens is 3. The number of aliphatic hydroxyl groups excluding tert-OH is 1. The van der Waals surface area contributed by atoms with E-state index in [9.17, 15) is 18.3 Å². The molecule has 100 valence electrons. The van der Waals surface area contributed by atoms with Crippen LogP contribution in [0.3, 0.4) is 0 Å². The van der Waals surface area contributed by atoms with E-state index < -0.39 is 11.7 Å². The van der Waals surface area contributed by atoms with Gasteiger partial charge in [0.05, 0.1) is 11.7 Å². The molecule has 1 aromatic rings. The summed E-state index contributed by atoms with van der Waals surface area (Å²) in [5.74, 6) is 0.140. The highest BCUT2D eigenvalue weighted by molar-refractivity contribution is 5.48. The number of hydrogen-bond acceptors (Lipinski definition) is 2. The maximum Gasteiger partial charge on any atom is 0.416 e. The SMILES string of the molecule is CC1CN(c2ccc(C(F)(F)F)cc2)CCC1O. The van der Waals surface area contributed by atoms with Crippen molar-refractivity contribution in [2.75, 3.05) is 18.0 Å². The summed E-state index contributed by atoms with van der Waals surface area (Å²) in [4.78, 5) is 2.01. The minimum absolute atomic E-state index is 0.140. The third-order valence-electron chi connectivity index (χ3n) is 3.42. The van der Waals surface area contributed by atoms with E-state index in [0.29, 0.717) is 19.5 Å². The van der Waals surface area contributed by atoms with Crippen LogP contribution in [0.1, 0.15) is 18.9 Å². The third-order valence-corrected chi connectivity index (χ3v) is 3.42. The fourth-order valence-corrected chi connectivity index (χ4v) is 2.23. The average molecular weight is 259 g/mol. The molecular formula is C13H16F3NO. The zero-order valence-electron chi connectivity index (χ0n) is 10.1. The molecule has 1 N–H and O–H groups in total. The number of alkyl halides is 3. The van der Waals surface area contributed by atoms with E-state index in [1.54, 1.807) is 0 Å². The van der Waals surface area contributed by atoms with E-state index in [0.717, 1.165) is 17.8 Å². The van der Waals surface area contributed by atoms with Gasteiger partial charge in [-0.25, -0.2) is 0 Å². The van der Waals surface area contributed by atoms with Crippen LogP contribution in [0.15, 0.2) is 24.3 Å². The molecule has 0 radical (unpaired) electrons. The van der Waals surface area contributed by atoms with E-state index in [2.05, 4.69) is 0 Å². The number of piperidine rings is 1. The molecule has 0 aromatic heterocycles. The summed E-state index contributed by atoms with van der Waals surface area (Å²) in [5.41, 5.74) is 0.151. The summed E-state index contributed by atoms with van der Waals surface area (Å²) in [6.07, 6.45) is -3.94. The normalized spacial score (nSPS) is 25.3. The smallest absolute Gasteiger partial charge is 0.393 e. The van der Waals surface area contributed by atoms with Gasteiger partial charge in [-0.05, 0) is 36.6 Å². The fraction of sp³-hybridized carbons (Fsp3) is 0.538. The second-order valence-corrected chi connectivity index (χ2v) is 4.82. The minimum Gasteiger partial charge on any atom is -0.393 e. The molecule has 1 fully saturated rings. The Hall–Kier alpha value is -1.23. The van der Waals surface area contributed by atoms with Crippen LogP contribution < -0.4 is 4.90 Å². The molecule has 0 saturated carbocycles. The number of anilines is 1. The van der Waals surface area contributed by atoms with Crippen molar-refractivity contribution in [1.29, 1.82) is 0 Å². The van der Waals surface area contributed by atoms with Gasteiger partial charge in [0.15, 0.2) is 0 Å². The predicted octanol–water partition coefficient (Wildman–Crippen LogP) is 2.91. The van der Waals surface area contributed by atoms with Gasteiger partial charge in [-0.15, -0.1) is 0 Å². The summed E-state index contributed by atoms with van der Waals surface area (Å²) in [6, 6.07) is 5.19. The van der Waals surface area contributed by atoms with E-state index in [1.807, 2.05) is 11.8 Å². The summed E-state index contributed by atoms with van der Waals surface area (Å²) >= 11 is 0. The van der Waals surface area contributed by atoms with Crippen molar-refractivity contribution in [3.63, 3.8) is 0 Å². The van der Waals surface area contributed by atoms with Gasteiger partial charge < -0.3 is 10.0 Å². The van der Waals surface area contributed by atoms with E-state index in [4.69, 9.17) is 0 Å². The first-order chi connectivity index (χ1) is 8.38. The van der Waals surface area contributed by atoms with Gasteiger partial charge in [0.2, 0.25) is 0 Å². The van der Waals surface area contributed by atoms with Crippen LogP contribution in [0.5, 0.6) is 0 Å². The van der Waals surface area contributed by atoms with Crippen molar-refractivity contribution < 1.29 is 18.3 Å². The summed E-state index contributed by atoms with van der Waals surface area (Å²) in [7, 11) is 0. The van der Waals surface area contributed by atoms with Crippen LogP contribution in [-0.2, 0) is 6.18 Å². The second-order valence-electron chi connectivity index (χ2n) is 4.82. The van der Waals surface area contributed by atoms with E-state index >= 15 is 0 Å². The Morgan fingerprint density at radius 2 is 1.83 bits per heavy atom. The van der Waals surface area contributed by atoms with Crippen LogP contribution in [0.25, 0.3) is 0 Å². The van der Waals surface area contributed by atoms with Gasteiger partial charge in [0.25, 0.3) is 0 Å². The molecule has 0 bridgehead atoms. The second kappa shape index (κ2) is 4.80. The maximum atomic E-state index is 12.4. The number of rotatable bonds is 1. The Morgan fingerprint density at radius 1 is 1.22 bits per heavy atom. The average Bonchev–Trinajstić information content (AvgIpc) is 2.32. The van der Waals surface area contributed by atoms with Crippen LogP contribution in [0, 0.1) is 5.92 Å². The molecular weight excluding hydrogens is 243 g/mol. The highest BCUT2D eigenvalue weighted by Crippen LogP contribution is 2.31. The first-order valence-corrected chi connectivity index (χ1v) is 5.98. The number of benzene rings is 1. The van der Waals surface area contributed by atoms with Crippen molar-refractivity contribution in [2.45, 2.75) is 25.6 Å².